The number of nitrogens with zero attached hydrogens (tertiary/aromatic N) is 4. The van der Waals surface area contributed by atoms with Crippen molar-refractivity contribution in [2.45, 2.75) is 19.5 Å². The van der Waals surface area contributed by atoms with E-state index in [9.17, 15) is 9.59 Å². The van der Waals surface area contributed by atoms with Gasteiger partial charge in [-0.05, 0) is 17.5 Å². The fraction of sp³-hybridized carbons (Fsp3) is 0.353. The first-order chi connectivity index (χ1) is 11.5. The first kappa shape index (κ1) is 14.9. The lowest BCUT2D eigenvalue weighted by molar-refractivity contribution is 0.240. The Kier molecular flexibility index (Phi) is 3.38. The van der Waals surface area contributed by atoms with Crippen LogP contribution in [0.1, 0.15) is 17.0 Å². The molecule has 24 heavy (non-hydrogen) atoms. The van der Waals surface area contributed by atoms with E-state index in [0.29, 0.717) is 23.5 Å². The van der Waals surface area contributed by atoms with E-state index in [-0.39, 0.29) is 11.2 Å². The lowest BCUT2D eigenvalue weighted by atomic mass is 10.00. The van der Waals surface area contributed by atoms with Crippen molar-refractivity contribution in [3.8, 4) is 0 Å². The molecule has 0 aliphatic carbocycles. The maximum atomic E-state index is 12.2. The molecule has 0 atom stereocenters. The number of aromatic amines is 1. The molecule has 2 aromatic heterocycles. The third kappa shape index (κ3) is 2.28. The maximum Gasteiger partial charge on any atom is 0.332 e. The second-order valence-corrected chi connectivity index (χ2v) is 6.32. The van der Waals surface area contributed by atoms with E-state index < -0.39 is 0 Å². The number of benzene rings is 1. The summed E-state index contributed by atoms with van der Waals surface area (Å²) >= 11 is 0. The van der Waals surface area contributed by atoms with Gasteiger partial charge in [0.15, 0.2) is 5.65 Å². The van der Waals surface area contributed by atoms with Crippen LogP contribution < -0.4 is 11.2 Å². The summed E-state index contributed by atoms with van der Waals surface area (Å²) in [5, 5.41) is 0. The van der Waals surface area contributed by atoms with Crippen molar-refractivity contribution in [1.82, 2.24) is 24.0 Å². The van der Waals surface area contributed by atoms with Crippen LogP contribution in [0.5, 0.6) is 0 Å². The van der Waals surface area contributed by atoms with Crippen molar-refractivity contribution in [2.75, 3.05) is 6.54 Å². The quantitative estimate of drug-likeness (QED) is 0.745. The van der Waals surface area contributed by atoms with Gasteiger partial charge in [-0.25, -0.2) is 9.78 Å². The number of imidazole rings is 1. The highest BCUT2D eigenvalue weighted by atomic mass is 16.2. The van der Waals surface area contributed by atoms with E-state index >= 15 is 0 Å². The number of hydrogen-bond acceptors (Lipinski definition) is 4. The molecule has 7 heteroatoms. The van der Waals surface area contributed by atoms with Crippen LogP contribution in [0.2, 0.25) is 0 Å². The predicted molar refractivity (Wildman–Crippen MR) is 90.8 cm³/mol. The van der Waals surface area contributed by atoms with Gasteiger partial charge in [0.1, 0.15) is 11.3 Å². The molecule has 4 rings (SSSR count). The molecule has 1 aliphatic heterocycles. The Bertz CT molecular complexity index is 1040. The van der Waals surface area contributed by atoms with Gasteiger partial charge in [-0.1, -0.05) is 24.3 Å². The largest absolute Gasteiger partial charge is 0.335 e. The standard InChI is InChI=1S/C17H19N5O2/c1-20-15-14(16(23)21(2)17(20)24)18-13(19-15)10-22-8-7-11-5-3-4-6-12(11)9-22/h3-6H,7-10H2,1-2H3,(H,18,19). The average Bonchev–Trinajstić information content (AvgIpc) is 3.02. The number of hydrogen-bond donors (Lipinski definition) is 1. The summed E-state index contributed by atoms with van der Waals surface area (Å²) in [6.07, 6.45) is 1.01. The summed E-state index contributed by atoms with van der Waals surface area (Å²) in [6.45, 7) is 2.44. The molecule has 0 radical (unpaired) electrons. The van der Waals surface area contributed by atoms with E-state index in [4.69, 9.17) is 0 Å². The fourth-order valence-electron chi connectivity index (χ4n) is 3.35. The normalized spacial score (nSPS) is 14.9. The predicted octanol–water partition coefficient (Wildman–Crippen LogP) is 0.519. The molecule has 1 N–H and O–H groups in total. The van der Waals surface area contributed by atoms with Crippen molar-refractivity contribution in [2.24, 2.45) is 14.1 Å². The van der Waals surface area contributed by atoms with Gasteiger partial charge in [0, 0.05) is 27.2 Å². The molecule has 0 spiro atoms. The lowest BCUT2D eigenvalue weighted by Crippen LogP contribution is -2.36. The zero-order valence-electron chi connectivity index (χ0n) is 13.7. The fourth-order valence-corrected chi connectivity index (χ4v) is 3.35. The second-order valence-electron chi connectivity index (χ2n) is 6.32. The summed E-state index contributed by atoms with van der Waals surface area (Å²) in [5.41, 5.74) is 2.83. The highest BCUT2D eigenvalue weighted by molar-refractivity contribution is 5.69. The number of nitrogens with one attached hydrogen (secondary N) is 1. The second kappa shape index (κ2) is 5.45. The molecule has 1 aliphatic rings. The SMILES string of the molecule is Cn1c(=O)c2[nH]c(CN3CCc4ccccc4C3)nc2n(C)c1=O. The lowest BCUT2D eigenvalue weighted by Gasteiger charge is -2.27. The van der Waals surface area contributed by atoms with E-state index in [0.717, 1.165) is 24.1 Å². The first-order valence-corrected chi connectivity index (χ1v) is 7.98. The van der Waals surface area contributed by atoms with Gasteiger partial charge < -0.3 is 4.98 Å². The van der Waals surface area contributed by atoms with E-state index in [1.165, 1.54) is 22.7 Å². The summed E-state index contributed by atoms with van der Waals surface area (Å²) in [6, 6.07) is 8.46. The molecular weight excluding hydrogens is 306 g/mol. The molecule has 0 bridgehead atoms. The van der Waals surface area contributed by atoms with Crippen molar-refractivity contribution in [3.05, 3.63) is 62.1 Å². The van der Waals surface area contributed by atoms with Crippen LogP contribution in [0.4, 0.5) is 0 Å². The average molecular weight is 325 g/mol. The van der Waals surface area contributed by atoms with Crippen LogP contribution in [0.3, 0.4) is 0 Å². The van der Waals surface area contributed by atoms with Crippen molar-refractivity contribution in [1.29, 1.82) is 0 Å². The minimum absolute atomic E-state index is 0.337. The maximum absolute atomic E-state index is 12.2. The Balaban J connectivity index is 1.67. The summed E-state index contributed by atoms with van der Waals surface area (Å²) in [5.74, 6) is 0.711. The van der Waals surface area contributed by atoms with Crippen molar-refractivity contribution in [3.63, 3.8) is 0 Å². The summed E-state index contributed by atoms with van der Waals surface area (Å²) < 4.78 is 2.50. The van der Waals surface area contributed by atoms with Gasteiger partial charge in [-0.15, -0.1) is 0 Å². The van der Waals surface area contributed by atoms with E-state index in [2.05, 4.69) is 39.1 Å². The van der Waals surface area contributed by atoms with Gasteiger partial charge in [0.05, 0.1) is 6.54 Å². The van der Waals surface area contributed by atoms with Crippen LogP contribution in [-0.4, -0.2) is 30.5 Å². The molecular formula is C17H19N5O2. The topological polar surface area (TPSA) is 75.9 Å². The zero-order chi connectivity index (χ0) is 16.8. The van der Waals surface area contributed by atoms with Crippen molar-refractivity contribution >= 4 is 11.2 Å². The number of aromatic nitrogens is 4. The van der Waals surface area contributed by atoms with Gasteiger partial charge in [-0.2, -0.15) is 0 Å². The zero-order valence-corrected chi connectivity index (χ0v) is 13.7. The number of H-pyrrole nitrogens is 1. The van der Waals surface area contributed by atoms with Gasteiger partial charge in [0.2, 0.25) is 0 Å². The number of fused-ring (bicyclic) bond motifs is 2. The highest BCUT2D eigenvalue weighted by Gasteiger charge is 2.19. The van der Waals surface area contributed by atoms with E-state index in [1.54, 1.807) is 7.05 Å². The summed E-state index contributed by atoms with van der Waals surface area (Å²) in [7, 11) is 3.11. The molecule has 3 aromatic rings. The van der Waals surface area contributed by atoms with Crippen molar-refractivity contribution < 1.29 is 0 Å². The first-order valence-electron chi connectivity index (χ1n) is 7.98. The minimum Gasteiger partial charge on any atom is -0.335 e. The Hall–Kier alpha value is -2.67. The minimum atomic E-state index is -0.363. The molecule has 0 amide bonds. The number of aryl methyl sites for hydroxylation is 1. The van der Waals surface area contributed by atoms with Crippen LogP contribution >= 0.6 is 0 Å². The van der Waals surface area contributed by atoms with Crippen LogP contribution in [0.25, 0.3) is 11.2 Å². The van der Waals surface area contributed by atoms with Gasteiger partial charge >= 0.3 is 5.69 Å². The molecule has 124 valence electrons. The van der Waals surface area contributed by atoms with Crippen LogP contribution in [-0.2, 0) is 33.6 Å². The molecule has 7 nitrogen and oxygen atoms in total. The number of rotatable bonds is 2. The molecule has 0 unspecified atom stereocenters. The third-order valence-electron chi connectivity index (χ3n) is 4.73. The monoisotopic (exact) mass is 325 g/mol. The van der Waals surface area contributed by atoms with Crippen LogP contribution in [0, 0.1) is 0 Å². The van der Waals surface area contributed by atoms with Gasteiger partial charge in [-0.3, -0.25) is 18.8 Å². The molecule has 1 aromatic carbocycles. The molecule has 0 saturated heterocycles. The highest BCUT2D eigenvalue weighted by Crippen LogP contribution is 2.19. The third-order valence-corrected chi connectivity index (χ3v) is 4.73. The Morgan fingerprint density at radius 2 is 1.88 bits per heavy atom. The molecule has 0 fully saturated rings. The summed E-state index contributed by atoms with van der Waals surface area (Å²) in [4.78, 5) is 34.1. The molecule has 0 saturated carbocycles. The van der Waals surface area contributed by atoms with Crippen LogP contribution in [0.15, 0.2) is 33.9 Å². The Morgan fingerprint density at radius 1 is 1.12 bits per heavy atom. The Morgan fingerprint density at radius 3 is 2.67 bits per heavy atom. The molecule has 3 heterocycles. The van der Waals surface area contributed by atoms with E-state index in [1.807, 2.05) is 0 Å². The van der Waals surface area contributed by atoms with Gasteiger partial charge in [0.25, 0.3) is 5.56 Å². The smallest absolute Gasteiger partial charge is 0.332 e. The Labute approximate surface area is 138 Å².